The number of pyridine rings is 1. The molecule has 1 aromatic heterocycles. The maximum atomic E-state index is 11.0. The summed E-state index contributed by atoms with van der Waals surface area (Å²) >= 11 is 0. The van der Waals surface area contributed by atoms with Crippen LogP contribution in [0, 0.1) is 0 Å². The molecule has 0 radical (unpaired) electrons. The first-order valence-electron chi connectivity index (χ1n) is 5.45. The Morgan fingerprint density at radius 1 is 1.53 bits per heavy atom. The van der Waals surface area contributed by atoms with Crippen LogP contribution in [0.2, 0.25) is 0 Å². The topological polar surface area (TPSA) is 62.2 Å². The van der Waals surface area contributed by atoms with E-state index in [9.17, 15) is 4.79 Å². The van der Waals surface area contributed by atoms with E-state index in [0.29, 0.717) is 12.4 Å². The average Bonchev–Trinajstić information content (AvgIpc) is 2.24. The molecule has 0 fully saturated rings. The molecule has 1 heterocycles. The van der Waals surface area contributed by atoms with Crippen LogP contribution in [0.3, 0.4) is 0 Å². The molecule has 0 saturated carbocycles. The van der Waals surface area contributed by atoms with Gasteiger partial charge in [-0.3, -0.25) is 0 Å². The van der Waals surface area contributed by atoms with E-state index in [1.807, 2.05) is 20.8 Å². The highest BCUT2D eigenvalue weighted by Gasteiger charge is 2.18. The zero-order chi connectivity index (χ0) is 13.1. The normalized spacial score (nSPS) is 11.0. The van der Waals surface area contributed by atoms with Gasteiger partial charge in [-0.05, 0) is 12.1 Å². The molecule has 1 rings (SSSR count). The van der Waals surface area contributed by atoms with Crippen molar-refractivity contribution < 1.29 is 9.90 Å². The van der Waals surface area contributed by atoms with E-state index in [1.165, 1.54) is 6.07 Å². The van der Waals surface area contributed by atoms with Crippen molar-refractivity contribution in [1.82, 2.24) is 4.98 Å². The van der Waals surface area contributed by atoms with Crippen molar-refractivity contribution in [2.24, 2.45) is 0 Å². The fourth-order valence-corrected chi connectivity index (χ4v) is 1.31. The van der Waals surface area contributed by atoms with Crippen LogP contribution in [0.5, 0.6) is 0 Å². The second-order valence-corrected chi connectivity index (χ2v) is 4.85. The second-order valence-electron chi connectivity index (χ2n) is 4.85. The van der Waals surface area contributed by atoms with Gasteiger partial charge in [0.1, 0.15) is 5.82 Å². The van der Waals surface area contributed by atoms with Crippen molar-refractivity contribution in [2.45, 2.75) is 26.2 Å². The summed E-state index contributed by atoms with van der Waals surface area (Å²) < 4.78 is 0. The number of nitrogens with zero attached hydrogens (tertiary/aromatic N) is 1. The lowest BCUT2D eigenvalue weighted by atomic mass is 9.91. The summed E-state index contributed by atoms with van der Waals surface area (Å²) in [7, 11) is 0. The molecule has 0 aliphatic heterocycles. The molecule has 0 bridgehead atoms. The van der Waals surface area contributed by atoms with Crippen LogP contribution in [0.25, 0.3) is 0 Å². The molecule has 0 atom stereocenters. The number of aromatic carboxylic acids is 1. The Morgan fingerprint density at radius 3 is 2.65 bits per heavy atom. The number of anilines is 1. The molecular weight excluding hydrogens is 216 g/mol. The maximum Gasteiger partial charge on any atom is 0.335 e. The quantitative estimate of drug-likeness (QED) is 0.786. The highest BCUT2D eigenvalue weighted by molar-refractivity contribution is 5.88. The van der Waals surface area contributed by atoms with Crippen molar-refractivity contribution >= 4 is 11.8 Å². The number of carboxylic acids is 1. The third kappa shape index (κ3) is 3.59. The predicted octanol–water partition coefficient (Wildman–Crippen LogP) is 2.68. The van der Waals surface area contributed by atoms with Crippen molar-refractivity contribution in [3.8, 4) is 0 Å². The van der Waals surface area contributed by atoms with Crippen LogP contribution in [0.4, 0.5) is 5.82 Å². The van der Waals surface area contributed by atoms with Gasteiger partial charge in [-0.1, -0.05) is 26.8 Å². The summed E-state index contributed by atoms with van der Waals surface area (Å²) in [5, 5.41) is 12.1. The van der Waals surface area contributed by atoms with Crippen LogP contribution >= 0.6 is 0 Å². The molecule has 1 aromatic rings. The molecule has 0 aliphatic carbocycles. The van der Waals surface area contributed by atoms with Gasteiger partial charge >= 0.3 is 5.97 Å². The summed E-state index contributed by atoms with van der Waals surface area (Å²) in [6, 6.07) is 3.14. The Labute approximate surface area is 101 Å². The van der Waals surface area contributed by atoms with E-state index in [0.717, 1.165) is 5.69 Å². The standard InChI is InChI=1S/C13H18N2O2/c1-5-6-14-11-8-9(12(16)17)7-10(15-11)13(2,3)4/h5,7-8H,1,6H2,2-4H3,(H,14,15)(H,16,17). The Kier molecular flexibility index (Phi) is 3.89. The van der Waals surface area contributed by atoms with Gasteiger partial charge in [0, 0.05) is 17.7 Å². The van der Waals surface area contributed by atoms with Gasteiger partial charge in [-0.25, -0.2) is 9.78 Å². The van der Waals surface area contributed by atoms with E-state index in [4.69, 9.17) is 5.11 Å². The van der Waals surface area contributed by atoms with E-state index >= 15 is 0 Å². The molecule has 4 heteroatoms. The zero-order valence-electron chi connectivity index (χ0n) is 10.4. The summed E-state index contributed by atoms with van der Waals surface area (Å²) in [4.78, 5) is 15.4. The lowest BCUT2D eigenvalue weighted by molar-refractivity contribution is 0.0696. The molecular formula is C13H18N2O2. The highest BCUT2D eigenvalue weighted by atomic mass is 16.4. The van der Waals surface area contributed by atoms with E-state index < -0.39 is 5.97 Å². The Balaban J connectivity index is 3.18. The van der Waals surface area contributed by atoms with E-state index in [2.05, 4.69) is 16.9 Å². The second kappa shape index (κ2) is 4.99. The Hall–Kier alpha value is -1.84. The Bertz CT molecular complexity index is 434. The number of hydrogen-bond acceptors (Lipinski definition) is 3. The van der Waals surface area contributed by atoms with Gasteiger partial charge in [-0.2, -0.15) is 0 Å². The van der Waals surface area contributed by atoms with Crippen molar-refractivity contribution in [1.29, 1.82) is 0 Å². The minimum atomic E-state index is -0.945. The molecule has 92 valence electrons. The SMILES string of the molecule is C=CCNc1cc(C(=O)O)cc(C(C)(C)C)n1. The molecule has 0 aliphatic rings. The molecule has 0 saturated heterocycles. The zero-order valence-corrected chi connectivity index (χ0v) is 10.4. The van der Waals surface area contributed by atoms with Gasteiger partial charge in [0.25, 0.3) is 0 Å². The van der Waals surface area contributed by atoms with Crippen molar-refractivity contribution in [3.63, 3.8) is 0 Å². The highest BCUT2D eigenvalue weighted by Crippen LogP contribution is 2.23. The van der Waals surface area contributed by atoms with Crippen LogP contribution < -0.4 is 5.32 Å². The van der Waals surface area contributed by atoms with Crippen molar-refractivity contribution in [2.75, 3.05) is 11.9 Å². The van der Waals surface area contributed by atoms with Gasteiger partial charge in [0.2, 0.25) is 0 Å². The van der Waals surface area contributed by atoms with Crippen LogP contribution in [-0.2, 0) is 5.41 Å². The van der Waals surface area contributed by atoms with Gasteiger partial charge in [0.05, 0.1) is 5.56 Å². The fraction of sp³-hybridized carbons (Fsp3) is 0.385. The predicted molar refractivity (Wildman–Crippen MR) is 68.6 cm³/mol. The molecule has 0 spiro atoms. The molecule has 0 aromatic carbocycles. The fourth-order valence-electron chi connectivity index (χ4n) is 1.31. The Morgan fingerprint density at radius 2 is 2.18 bits per heavy atom. The van der Waals surface area contributed by atoms with E-state index in [-0.39, 0.29) is 11.0 Å². The number of carbonyl (C=O) groups is 1. The van der Waals surface area contributed by atoms with Gasteiger partial charge in [0.15, 0.2) is 0 Å². The monoisotopic (exact) mass is 234 g/mol. The minimum Gasteiger partial charge on any atom is -0.478 e. The van der Waals surface area contributed by atoms with E-state index in [1.54, 1.807) is 12.1 Å². The minimum absolute atomic E-state index is 0.184. The lowest BCUT2D eigenvalue weighted by Crippen LogP contribution is -2.16. The first kappa shape index (κ1) is 13.2. The number of carboxylic acid groups (broad SMARTS) is 1. The third-order valence-electron chi connectivity index (χ3n) is 2.27. The van der Waals surface area contributed by atoms with Gasteiger partial charge in [-0.15, -0.1) is 6.58 Å². The summed E-state index contributed by atoms with van der Waals surface area (Å²) in [6.45, 7) is 10.1. The summed E-state index contributed by atoms with van der Waals surface area (Å²) in [5.74, 6) is -0.380. The maximum absolute atomic E-state index is 11.0. The first-order valence-corrected chi connectivity index (χ1v) is 5.45. The summed E-state index contributed by atoms with van der Waals surface area (Å²) in [6.07, 6.45) is 1.70. The molecule has 2 N–H and O–H groups in total. The molecule has 4 nitrogen and oxygen atoms in total. The average molecular weight is 234 g/mol. The smallest absolute Gasteiger partial charge is 0.335 e. The third-order valence-corrected chi connectivity index (χ3v) is 2.27. The van der Waals surface area contributed by atoms with Crippen molar-refractivity contribution in [3.05, 3.63) is 36.0 Å². The number of hydrogen-bond donors (Lipinski definition) is 2. The molecule has 0 amide bonds. The van der Waals surface area contributed by atoms with Crippen LogP contribution in [0.1, 0.15) is 36.8 Å². The number of rotatable bonds is 4. The first-order chi connectivity index (χ1) is 7.84. The van der Waals surface area contributed by atoms with Crippen LogP contribution in [0.15, 0.2) is 24.8 Å². The summed E-state index contributed by atoms with van der Waals surface area (Å²) in [5.41, 5.74) is 0.816. The lowest BCUT2D eigenvalue weighted by Gasteiger charge is -2.19. The number of aromatic nitrogens is 1. The molecule has 17 heavy (non-hydrogen) atoms. The van der Waals surface area contributed by atoms with Crippen LogP contribution in [-0.4, -0.2) is 22.6 Å². The van der Waals surface area contributed by atoms with Gasteiger partial charge < -0.3 is 10.4 Å². The number of nitrogens with one attached hydrogen (secondary N) is 1. The largest absolute Gasteiger partial charge is 0.478 e. The molecule has 0 unspecified atom stereocenters.